The zero-order chi connectivity index (χ0) is 22.3. The molecule has 0 radical (unpaired) electrons. The van der Waals surface area contributed by atoms with Crippen molar-refractivity contribution in [2.75, 3.05) is 6.61 Å². The van der Waals surface area contributed by atoms with Crippen LogP contribution in [-0.4, -0.2) is 18.6 Å². The third-order valence-corrected chi connectivity index (χ3v) is 5.34. The Morgan fingerprint density at radius 2 is 1.97 bits per heavy atom. The number of rotatable bonds is 8. The Balaban J connectivity index is 2.32. The fourth-order valence-electron chi connectivity index (χ4n) is 2.51. The van der Waals surface area contributed by atoms with Crippen molar-refractivity contribution in [3.63, 3.8) is 0 Å². The summed E-state index contributed by atoms with van der Waals surface area (Å²) < 4.78 is 12.5. The molecule has 0 aliphatic carbocycles. The van der Waals surface area contributed by atoms with Gasteiger partial charge in [-0.05, 0) is 84.8 Å². The number of nitrogens with zero attached hydrogens (tertiary/aromatic N) is 1. The Bertz CT molecular complexity index is 1000. The normalized spacial score (nSPS) is 11.2. The molecule has 0 aromatic heterocycles. The van der Waals surface area contributed by atoms with E-state index in [0.717, 1.165) is 9.13 Å². The number of carbonyl (C=O) groups excluding carboxylic acids is 1. The molecule has 2 aromatic rings. The molecule has 158 valence electrons. The molecule has 8 heteroatoms. The second-order valence-corrected chi connectivity index (χ2v) is 8.57. The fraction of sp³-hybridized carbons (Fsp3) is 0.273. The monoisotopic (exact) mass is 558 g/mol. The first kappa shape index (κ1) is 24.3. The fourth-order valence-corrected chi connectivity index (χ4v) is 3.62. The Labute approximate surface area is 200 Å². The zero-order valence-corrected chi connectivity index (χ0v) is 20.4. The van der Waals surface area contributed by atoms with Gasteiger partial charge < -0.3 is 14.8 Å². The van der Waals surface area contributed by atoms with E-state index in [2.05, 4.69) is 27.9 Å². The van der Waals surface area contributed by atoms with Crippen LogP contribution >= 0.6 is 45.8 Å². The standard InChI is InChI=1S/C22H21Cl2IN2O3/c1-4-29-20-10-15(7-16(11-26)22(28)27-13(2)3)9-19(25)21(20)30-12-14-5-6-17(23)18(24)8-14/h5-10,13H,4,12H2,1-3H3,(H,27,28)/b16-7-. The molecule has 0 aliphatic rings. The third-order valence-electron chi connectivity index (χ3n) is 3.79. The van der Waals surface area contributed by atoms with Crippen LogP contribution < -0.4 is 14.8 Å². The molecule has 0 saturated carbocycles. The van der Waals surface area contributed by atoms with E-state index in [1.807, 2.05) is 39.0 Å². The summed E-state index contributed by atoms with van der Waals surface area (Å²) in [6.07, 6.45) is 1.53. The molecular weight excluding hydrogens is 538 g/mol. The van der Waals surface area contributed by atoms with Gasteiger partial charge in [0.05, 0.1) is 20.2 Å². The van der Waals surface area contributed by atoms with Crippen LogP contribution in [0.5, 0.6) is 11.5 Å². The first-order valence-electron chi connectivity index (χ1n) is 9.20. The van der Waals surface area contributed by atoms with E-state index in [1.165, 1.54) is 6.08 Å². The molecule has 0 aliphatic heterocycles. The van der Waals surface area contributed by atoms with Gasteiger partial charge in [0.25, 0.3) is 5.91 Å². The molecule has 0 fully saturated rings. The number of benzene rings is 2. The highest BCUT2D eigenvalue weighted by molar-refractivity contribution is 14.1. The highest BCUT2D eigenvalue weighted by Crippen LogP contribution is 2.36. The minimum absolute atomic E-state index is 0.0198. The van der Waals surface area contributed by atoms with E-state index in [1.54, 1.807) is 18.2 Å². The molecule has 0 spiro atoms. The lowest BCUT2D eigenvalue weighted by Gasteiger charge is -2.15. The van der Waals surface area contributed by atoms with Crippen molar-refractivity contribution in [2.45, 2.75) is 33.4 Å². The van der Waals surface area contributed by atoms with Gasteiger partial charge in [-0.25, -0.2) is 0 Å². The molecule has 0 unspecified atom stereocenters. The van der Waals surface area contributed by atoms with Crippen molar-refractivity contribution < 1.29 is 14.3 Å². The highest BCUT2D eigenvalue weighted by Gasteiger charge is 2.15. The van der Waals surface area contributed by atoms with Gasteiger partial charge in [0.2, 0.25) is 0 Å². The second-order valence-electron chi connectivity index (χ2n) is 6.60. The number of amides is 1. The van der Waals surface area contributed by atoms with Gasteiger partial charge >= 0.3 is 0 Å². The van der Waals surface area contributed by atoms with E-state index in [0.29, 0.717) is 33.7 Å². The molecule has 1 amide bonds. The number of carbonyl (C=O) groups is 1. The molecule has 5 nitrogen and oxygen atoms in total. The number of hydrogen-bond donors (Lipinski definition) is 1. The number of ether oxygens (including phenoxy) is 2. The van der Waals surface area contributed by atoms with Crippen LogP contribution in [0.1, 0.15) is 31.9 Å². The third kappa shape index (κ3) is 6.79. The lowest BCUT2D eigenvalue weighted by Crippen LogP contribution is -2.30. The second kappa shape index (κ2) is 11.4. The van der Waals surface area contributed by atoms with Crippen LogP contribution in [0, 0.1) is 14.9 Å². The molecular formula is C22H21Cl2IN2O3. The van der Waals surface area contributed by atoms with E-state index in [4.69, 9.17) is 32.7 Å². The van der Waals surface area contributed by atoms with Crippen LogP contribution in [-0.2, 0) is 11.4 Å². The Morgan fingerprint density at radius 1 is 1.23 bits per heavy atom. The summed E-state index contributed by atoms with van der Waals surface area (Å²) in [6.45, 7) is 6.26. The van der Waals surface area contributed by atoms with E-state index >= 15 is 0 Å². The SMILES string of the molecule is CCOc1cc(/C=C(/C#N)C(=O)NC(C)C)cc(I)c1OCc1ccc(Cl)c(Cl)c1. The average Bonchev–Trinajstić information content (AvgIpc) is 2.67. The van der Waals surface area contributed by atoms with Crippen LogP contribution in [0.3, 0.4) is 0 Å². The summed E-state index contributed by atoms with van der Waals surface area (Å²) in [6, 6.07) is 10.8. The van der Waals surface area contributed by atoms with Crippen molar-refractivity contribution in [3.05, 3.63) is 60.6 Å². The van der Waals surface area contributed by atoms with Gasteiger partial charge in [0.1, 0.15) is 18.2 Å². The minimum Gasteiger partial charge on any atom is -0.490 e. The maximum absolute atomic E-state index is 12.2. The molecule has 2 rings (SSSR count). The molecule has 0 saturated heterocycles. The van der Waals surface area contributed by atoms with Crippen LogP contribution in [0.15, 0.2) is 35.9 Å². The topological polar surface area (TPSA) is 71.3 Å². The zero-order valence-electron chi connectivity index (χ0n) is 16.8. The number of nitrogens with one attached hydrogen (secondary N) is 1. The molecule has 0 heterocycles. The van der Waals surface area contributed by atoms with Gasteiger partial charge in [-0.15, -0.1) is 0 Å². The van der Waals surface area contributed by atoms with Crippen LogP contribution in [0.2, 0.25) is 10.0 Å². The highest BCUT2D eigenvalue weighted by atomic mass is 127. The first-order chi connectivity index (χ1) is 14.2. The van der Waals surface area contributed by atoms with Crippen molar-refractivity contribution in [1.82, 2.24) is 5.32 Å². The summed E-state index contributed by atoms with van der Waals surface area (Å²) in [7, 11) is 0. The van der Waals surface area contributed by atoms with Crippen molar-refractivity contribution >= 4 is 57.8 Å². The van der Waals surface area contributed by atoms with Crippen LogP contribution in [0.4, 0.5) is 0 Å². The van der Waals surface area contributed by atoms with E-state index in [9.17, 15) is 10.1 Å². The number of nitriles is 1. The summed E-state index contributed by atoms with van der Waals surface area (Å²) in [4.78, 5) is 12.2. The smallest absolute Gasteiger partial charge is 0.262 e. The molecule has 0 bridgehead atoms. The van der Waals surface area contributed by atoms with Crippen molar-refractivity contribution in [2.24, 2.45) is 0 Å². The Hall–Kier alpha value is -1.95. The summed E-state index contributed by atoms with van der Waals surface area (Å²) in [5, 5.41) is 13.0. The van der Waals surface area contributed by atoms with Crippen LogP contribution in [0.25, 0.3) is 6.08 Å². The predicted molar refractivity (Wildman–Crippen MR) is 128 cm³/mol. The maximum Gasteiger partial charge on any atom is 0.262 e. The van der Waals surface area contributed by atoms with E-state index in [-0.39, 0.29) is 18.2 Å². The molecule has 30 heavy (non-hydrogen) atoms. The minimum atomic E-state index is -0.416. The number of hydrogen-bond acceptors (Lipinski definition) is 4. The summed E-state index contributed by atoms with van der Waals surface area (Å²) >= 11 is 14.2. The van der Waals surface area contributed by atoms with E-state index < -0.39 is 5.91 Å². The lowest BCUT2D eigenvalue weighted by atomic mass is 10.1. The van der Waals surface area contributed by atoms with Gasteiger partial charge in [0.15, 0.2) is 11.5 Å². The van der Waals surface area contributed by atoms with Gasteiger partial charge in [0, 0.05) is 6.04 Å². The lowest BCUT2D eigenvalue weighted by molar-refractivity contribution is -0.117. The summed E-state index contributed by atoms with van der Waals surface area (Å²) in [5.41, 5.74) is 1.55. The molecule has 0 atom stereocenters. The maximum atomic E-state index is 12.2. The molecule has 2 aromatic carbocycles. The van der Waals surface area contributed by atoms with Crippen molar-refractivity contribution in [1.29, 1.82) is 5.26 Å². The number of halogens is 3. The Kier molecular flexibility index (Phi) is 9.28. The largest absolute Gasteiger partial charge is 0.490 e. The van der Waals surface area contributed by atoms with Crippen molar-refractivity contribution in [3.8, 4) is 17.6 Å². The average molecular weight is 559 g/mol. The van der Waals surface area contributed by atoms with Gasteiger partial charge in [-0.2, -0.15) is 5.26 Å². The first-order valence-corrected chi connectivity index (χ1v) is 11.0. The van der Waals surface area contributed by atoms with Gasteiger partial charge in [-0.3, -0.25) is 4.79 Å². The quantitative estimate of drug-likeness (QED) is 0.245. The predicted octanol–water partition coefficient (Wildman–Crippen LogP) is 6.01. The molecule has 1 N–H and O–H groups in total. The Morgan fingerprint density at radius 3 is 2.57 bits per heavy atom. The van der Waals surface area contributed by atoms with Gasteiger partial charge in [-0.1, -0.05) is 29.3 Å². The summed E-state index contributed by atoms with van der Waals surface area (Å²) in [5.74, 6) is 0.684.